The van der Waals surface area contributed by atoms with Crippen LogP contribution in [0.15, 0.2) is 30.3 Å². The Morgan fingerprint density at radius 3 is 2.49 bits per heavy atom. The molecule has 1 saturated heterocycles. The van der Waals surface area contributed by atoms with Crippen LogP contribution in [-0.2, 0) is 17.9 Å². The number of nitrogens with zero attached hydrogens (tertiary/aromatic N) is 4. The number of hydrogen-bond acceptors (Lipinski definition) is 8. The fourth-order valence-electron chi connectivity index (χ4n) is 5.48. The summed E-state index contributed by atoms with van der Waals surface area (Å²) in [5.74, 6) is 2.03. The lowest BCUT2D eigenvalue weighted by Gasteiger charge is -2.23. The Kier molecular flexibility index (Phi) is 11.6. The van der Waals surface area contributed by atoms with Crippen molar-refractivity contribution in [1.29, 1.82) is 0 Å². The number of rotatable bonds is 13. The summed E-state index contributed by atoms with van der Waals surface area (Å²) in [6, 6.07) is 11.2. The third-order valence-electron chi connectivity index (χ3n) is 7.74. The molecule has 9 nitrogen and oxygen atoms in total. The number of nitrogen functional groups attached to an aromatic ring is 1. The van der Waals surface area contributed by atoms with Gasteiger partial charge >= 0.3 is 0 Å². The molecule has 1 saturated carbocycles. The monoisotopic (exact) mass is 536 g/mol. The molecular formula is C30H48N8O. The molecule has 9 heteroatoms. The van der Waals surface area contributed by atoms with Gasteiger partial charge in [0.25, 0.3) is 0 Å². The fraction of sp³-hybridized carbons (Fsp3) is 0.633. The lowest BCUT2D eigenvalue weighted by Crippen LogP contribution is -2.35. The van der Waals surface area contributed by atoms with Gasteiger partial charge in [-0.05, 0) is 56.3 Å². The second-order valence-corrected chi connectivity index (χ2v) is 10.9. The van der Waals surface area contributed by atoms with Gasteiger partial charge in [0.1, 0.15) is 11.6 Å². The molecule has 1 aliphatic heterocycles. The minimum Gasteiger partial charge on any atom is -0.383 e. The Morgan fingerprint density at radius 2 is 1.72 bits per heavy atom. The predicted molar refractivity (Wildman–Crippen MR) is 160 cm³/mol. The molecule has 214 valence electrons. The van der Waals surface area contributed by atoms with E-state index in [-0.39, 0.29) is 5.91 Å². The third-order valence-corrected chi connectivity index (χ3v) is 7.74. The van der Waals surface area contributed by atoms with E-state index in [2.05, 4.69) is 50.1 Å². The quantitative estimate of drug-likeness (QED) is 0.285. The first kappa shape index (κ1) is 29.1. The first-order chi connectivity index (χ1) is 19.1. The summed E-state index contributed by atoms with van der Waals surface area (Å²) in [6.45, 7) is 8.79. The molecule has 2 aliphatic rings. The summed E-state index contributed by atoms with van der Waals surface area (Å²) >= 11 is 0. The number of benzene rings is 1. The highest BCUT2D eigenvalue weighted by Gasteiger charge is 2.20. The van der Waals surface area contributed by atoms with Crippen LogP contribution >= 0.6 is 0 Å². The van der Waals surface area contributed by atoms with Gasteiger partial charge in [-0.1, -0.05) is 50.5 Å². The van der Waals surface area contributed by atoms with Crippen molar-refractivity contribution in [2.24, 2.45) is 0 Å². The Hall–Kier alpha value is -2.91. The van der Waals surface area contributed by atoms with E-state index in [1.54, 1.807) is 0 Å². The Balaban J connectivity index is 1.19. The molecule has 2 aromatic rings. The molecule has 0 spiro atoms. The SMILES string of the molecule is CCCC(=O)N1CCCN(c2cc(N)nc(NCc3ccc(CNCCCNC4CCCCC4)cc3)n2)CC1. The number of nitrogens with two attached hydrogens (primary N) is 1. The van der Waals surface area contributed by atoms with Crippen LogP contribution in [0.5, 0.6) is 0 Å². The summed E-state index contributed by atoms with van der Waals surface area (Å²) < 4.78 is 0. The van der Waals surface area contributed by atoms with E-state index in [1.165, 1.54) is 43.2 Å². The highest BCUT2D eigenvalue weighted by Crippen LogP contribution is 2.20. The highest BCUT2D eigenvalue weighted by atomic mass is 16.2. The summed E-state index contributed by atoms with van der Waals surface area (Å²) in [4.78, 5) is 25.6. The molecule has 1 amide bonds. The van der Waals surface area contributed by atoms with Crippen LogP contribution in [0.1, 0.15) is 75.8 Å². The Morgan fingerprint density at radius 1 is 0.949 bits per heavy atom. The molecule has 0 bridgehead atoms. The molecule has 0 unspecified atom stereocenters. The zero-order valence-electron chi connectivity index (χ0n) is 23.8. The number of anilines is 3. The second kappa shape index (κ2) is 15.6. The molecule has 2 heterocycles. The normalized spacial score (nSPS) is 16.7. The van der Waals surface area contributed by atoms with Gasteiger partial charge in [0, 0.05) is 57.8 Å². The van der Waals surface area contributed by atoms with Crippen LogP contribution in [-0.4, -0.2) is 66.1 Å². The molecule has 2 fully saturated rings. The van der Waals surface area contributed by atoms with E-state index in [0.717, 1.165) is 70.4 Å². The summed E-state index contributed by atoms with van der Waals surface area (Å²) in [5, 5.41) is 10.6. The van der Waals surface area contributed by atoms with Gasteiger partial charge in [-0.2, -0.15) is 9.97 Å². The van der Waals surface area contributed by atoms with E-state index in [1.807, 2.05) is 17.9 Å². The second-order valence-electron chi connectivity index (χ2n) is 10.9. The molecule has 39 heavy (non-hydrogen) atoms. The van der Waals surface area contributed by atoms with Crippen molar-refractivity contribution in [2.45, 2.75) is 83.8 Å². The number of carbonyl (C=O) groups excluding carboxylic acids is 1. The van der Waals surface area contributed by atoms with E-state index >= 15 is 0 Å². The molecule has 1 aromatic heterocycles. The maximum absolute atomic E-state index is 12.3. The van der Waals surface area contributed by atoms with Gasteiger partial charge in [-0.15, -0.1) is 0 Å². The average Bonchev–Trinajstić information content (AvgIpc) is 3.22. The standard InChI is InChI=1S/C30H48N8O/c1-2-8-29(39)38-18-7-17-37(19-20-38)28-21-27(31)35-30(36-28)34-23-25-13-11-24(12-14-25)22-32-15-6-16-33-26-9-4-3-5-10-26/h11-14,21,26,32-33H,2-10,15-20,22-23H2,1H3,(H3,31,34,35,36). The number of amides is 1. The number of hydrogen-bond donors (Lipinski definition) is 4. The number of aromatic nitrogens is 2. The van der Waals surface area contributed by atoms with Gasteiger partial charge < -0.3 is 31.5 Å². The maximum atomic E-state index is 12.3. The lowest BCUT2D eigenvalue weighted by molar-refractivity contribution is -0.131. The topological polar surface area (TPSA) is 111 Å². The van der Waals surface area contributed by atoms with Gasteiger partial charge in [-0.25, -0.2) is 0 Å². The fourth-order valence-corrected chi connectivity index (χ4v) is 5.48. The van der Waals surface area contributed by atoms with E-state index < -0.39 is 0 Å². The van der Waals surface area contributed by atoms with Crippen molar-refractivity contribution in [3.63, 3.8) is 0 Å². The van der Waals surface area contributed by atoms with Crippen LogP contribution in [0.3, 0.4) is 0 Å². The Labute approximate surface area is 234 Å². The molecule has 0 atom stereocenters. The van der Waals surface area contributed by atoms with Gasteiger partial charge in [0.05, 0.1) is 0 Å². The third kappa shape index (κ3) is 9.65. The summed E-state index contributed by atoms with van der Waals surface area (Å²) in [5.41, 5.74) is 8.59. The molecular weight excluding hydrogens is 488 g/mol. The predicted octanol–water partition coefficient (Wildman–Crippen LogP) is 3.91. The van der Waals surface area contributed by atoms with Crippen LogP contribution in [0.2, 0.25) is 0 Å². The molecule has 5 N–H and O–H groups in total. The first-order valence-corrected chi connectivity index (χ1v) is 15.0. The zero-order chi connectivity index (χ0) is 27.3. The van der Waals surface area contributed by atoms with Gasteiger partial charge in [0.2, 0.25) is 11.9 Å². The number of nitrogens with one attached hydrogen (secondary N) is 3. The van der Waals surface area contributed by atoms with Crippen LogP contribution in [0, 0.1) is 0 Å². The van der Waals surface area contributed by atoms with Crippen LogP contribution in [0.25, 0.3) is 0 Å². The Bertz CT molecular complexity index is 1010. The largest absolute Gasteiger partial charge is 0.383 e. The smallest absolute Gasteiger partial charge is 0.226 e. The summed E-state index contributed by atoms with van der Waals surface area (Å²) in [7, 11) is 0. The summed E-state index contributed by atoms with van der Waals surface area (Å²) in [6.07, 6.45) is 10.4. The molecule has 0 radical (unpaired) electrons. The molecule has 1 aromatic carbocycles. The van der Waals surface area contributed by atoms with Crippen molar-refractivity contribution < 1.29 is 4.79 Å². The van der Waals surface area contributed by atoms with Crippen molar-refractivity contribution in [2.75, 3.05) is 55.2 Å². The van der Waals surface area contributed by atoms with Crippen molar-refractivity contribution in [3.05, 3.63) is 41.5 Å². The zero-order valence-corrected chi connectivity index (χ0v) is 23.8. The van der Waals surface area contributed by atoms with Crippen LogP contribution < -0.4 is 26.6 Å². The van der Waals surface area contributed by atoms with Crippen LogP contribution in [0.4, 0.5) is 17.6 Å². The molecule has 1 aliphatic carbocycles. The minimum atomic E-state index is 0.243. The van der Waals surface area contributed by atoms with Gasteiger partial charge in [-0.3, -0.25) is 4.79 Å². The van der Waals surface area contributed by atoms with Gasteiger partial charge in [0.15, 0.2) is 0 Å². The minimum absolute atomic E-state index is 0.243. The van der Waals surface area contributed by atoms with Crippen molar-refractivity contribution in [3.8, 4) is 0 Å². The average molecular weight is 537 g/mol. The van der Waals surface area contributed by atoms with E-state index in [4.69, 9.17) is 10.7 Å². The van der Waals surface area contributed by atoms with Crippen molar-refractivity contribution in [1.82, 2.24) is 25.5 Å². The van der Waals surface area contributed by atoms with E-state index in [0.29, 0.717) is 31.3 Å². The molecule has 4 rings (SSSR count). The lowest BCUT2D eigenvalue weighted by atomic mass is 9.95. The first-order valence-electron chi connectivity index (χ1n) is 15.0. The highest BCUT2D eigenvalue weighted by molar-refractivity contribution is 5.76. The maximum Gasteiger partial charge on any atom is 0.226 e. The van der Waals surface area contributed by atoms with E-state index in [9.17, 15) is 4.79 Å². The number of carbonyl (C=O) groups is 1. The van der Waals surface area contributed by atoms with Crippen molar-refractivity contribution >= 4 is 23.5 Å².